The molecule has 0 atom stereocenters. The monoisotopic (exact) mass is 209 g/mol. The van der Waals surface area contributed by atoms with Crippen LogP contribution in [0.4, 0.5) is 0 Å². The molecular weight excluding hydrogens is 199 g/mol. The zero-order valence-corrected chi connectivity index (χ0v) is 7.16. The molecule has 1 aromatic rings. The van der Waals surface area contributed by atoms with Crippen LogP contribution >= 0.6 is 19.9 Å². The lowest BCUT2D eigenvalue weighted by molar-refractivity contribution is 0.405. The van der Waals surface area contributed by atoms with Gasteiger partial charge < -0.3 is 0 Å². The van der Waals surface area contributed by atoms with Gasteiger partial charge >= 0.3 is 8.25 Å². The van der Waals surface area contributed by atoms with E-state index in [0.717, 1.165) is 5.02 Å². The molecule has 0 radical (unpaired) electrons. The Labute approximate surface area is 77.6 Å². The third-order valence-electron chi connectivity index (χ3n) is 0.733. The van der Waals surface area contributed by atoms with Crippen LogP contribution in [-0.2, 0) is 4.57 Å². The molecular formula is C7H11ClO3P+. The van der Waals surface area contributed by atoms with Crippen LogP contribution in [0.2, 0.25) is 5.02 Å². The maximum absolute atomic E-state index is 8.70. The van der Waals surface area contributed by atoms with E-state index in [-0.39, 0.29) is 7.43 Å². The number of benzene rings is 1. The molecule has 5 heteroatoms. The Morgan fingerprint density at radius 1 is 1.17 bits per heavy atom. The van der Waals surface area contributed by atoms with Gasteiger partial charge in [-0.1, -0.05) is 37.2 Å². The van der Waals surface area contributed by atoms with Crippen molar-refractivity contribution in [2.45, 2.75) is 7.43 Å². The molecule has 0 aliphatic rings. The first-order valence-electron chi connectivity index (χ1n) is 2.68. The van der Waals surface area contributed by atoms with Crippen molar-refractivity contribution in [2.24, 2.45) is 0 Å². The zero-order valence-electron chi connectivity index (χ0n) is 5.51. The quantitative estimate of drug-likeness (QED) is 0.646. The van der Waals surface area contributed by atoms with E-state index in [2.05, 4.69) is 0 Å². The minimum absolute atomic E-state index is 0. The lowest BCUT2D eigenvalue weighted by Crippen LogP contribution is -1.55. The predicted molar refractivity (Wildman–Crippen MR) is 50.2 cm³/mol. The Morgan fingerprint density at radius 3 is 1.67 bits per heavy atom. The second kappa shape index (κ2) is 8.62. The van der Waals surface area contributed by atoms with Crippen LogP contribution in [0, 0.1) is 0 Å². The van der Waals surface area contributed by atoms with Crippen molar-refractivity contribution < 1.29 is 14.4 Å². The van der Waals surface area contributed by atoms with Crippen molar-refractivity contribution in [1.29, 1.82) is 0 Å². The maximum atomic E-state index is 8.70. The topological polar surface area (TPSA) is 57.5 Å². The zero-order chi connectivity index (χ0) is 8.69. The Balaban J connectivity index is 0. The van der Waals surface area contributed by atoms with Crippen LogP contribution in [-0.4, -0.2) is 9.79 Å². The lowest BCUT2D eigenvalue weighted by atomic mass is 10.4. The Bertz CT molecular complexity index is 211. The SMILES string of the molecule is C.Clc1ccccc1.O=[P+](O)O. The number of halogens is 1. The van der Waals surface area contributed by atoms with Crippen LogP contribution in [0.3, 0.4) is 0 Å². The van der Waals surface area contributed by atoms with Crippen LogP contribution in [0.15, 0.2) is 30.3 Å². The number of hydrogen-bond donors (Lipinski definition) is 2. The summed E-state index contributed by atoms with van der Waals surface area (Å²) in [6, 6.07) is 9.44. The van der Waals surface area contributed by atoms with Crippen molar-refractivity contribution in [1.82, 2.24) is 0 Å². The Morgan fingerprint density at radius 2 is 1.50 bits per heavy atom. The van der Waals surface area contributed by atoms with Crippen LogP contribution < -0.4 is 0 Å². The molecule has 2 N–H and O–H groups in total. The average Bonchev–Trinajstić information content (AvgIpc) is 1.87. The summed E-state index contributed by atoms with van der Waals surface area (Å²) in [7, 11) is -2.87. The third-order valence-corrected chi connectivity index (χ3v) is 0.985. The van der Waals surface area contributed by atoms with E-state index >= 15 is 0 Å². The van der Waals surface area contributed by atoms with Gasteiger partial charge in [0.15, 0.2) is 0 Å². The molecule has 1 aromatic carbocycles. The summed E-state index contributed by atoms with van der Waals surface area (Å²) < 4.78 is 8.70. The summed E-state index contributed by atoms with van der Waals surface area (Å²) in [5.74, 6) is 0. The molecule has 0 spiro atoms. The molecule has 0 saturated heterocycles. The summed E-state index contributed by atoms with van der Waals surface area (Å²) in [4.78, 5) is 14.2. The standard InChI is InChI=1S/C6H5Cl.CH4.HO3P/c7-6-4-2-1-3-5-6;;1-4(2)3/h1-5H;1H4;(H-,1,2,3)/p+1. The van der Waals surface area contributed by atoms with E-state index in [4.69, 9.17) is 26.0 Å². The molecule has 0 aromatic heterocycles. The highest BCUT2D eigenvalue weighted by Gasteiger charge is 1.93. The van der Waals surface area contributed by atoms with E-state index in [1.807, 2.05) is 30.3 Å². The van der Waals surface area contributed by atoms with Gasteiger partial charge in [-0.2, -0.15) is 0 Å². The summed E-state index contributed by atoms with van der Waals surface area (Å²) in [6.45, 7) is 0. The van der Waals surface area contributed by atoms with E-state index < -0.39 is 8.25 Å². The van der Waals surface area contributed by atoms with Gasteiger partial charge in [-0.25, -0.2) is 0 Å². The highest BCUT2D eigenvalue weighted by molar-refractivity contribution is 7.30. The Hall–Kier alpha value is -0.470. The fourth-order valence-corrected chi connectivity index (χ4v) is 0.560. The molecule has 0 aliphatic heterocycles. The summed E-state index contributed by atoms with van der Waals surface area (Å²) in [5, 5.41) is 0.794. The van der Waals surface area contributed by atoms with E-state index in [9.17, 15) is 0 Å². The minimum atomic E-state index is -2.87. The summed E-state index contributed by atoms with van der Waals surface area (Å²) in [6.07, 6.45) is 0. The molecule has 0 aliphatic carbocycles. The first-order chi connectivity index (χ1) is 5.13. The van der Waals surface area contributed by atoms with Gasteiger partial charge in [0.05, 0.1) is 0 Å². The molecule has 12 heavy (non-hydrogen) atoms. The maximum Gasteiger partial charge on any atom is 0.692 e. The van der Waals surface area contributed by atoms with Gasteiger partial charge in [-0.05, 0) is 12.1 Å². The molecule has 1 rings (SSSR count). The molecule has 0 unspecified atom stereocenters. The fraction of sp³-hybridized carbons (Fsp3) is 0.143. The van der Waals surface area contributed by atoms with Gasteiger partial charge in [0.2, 0.25) is 0 Å². The Kier molecular flexibility index (Phi) is 10.1. The van der Waals surface area contributed by atoms with Crippen molar-refractivity contribution in [2.75, 3.05) is 0 Å². The highest BCUT2D eigenvalue weighted by atomic mass is 35.5. The van der Waals surface area contributed by atoms with E-state index in [1.165, 1.54) is 0 Å². The van der Waals surface area contributed by atoms with Gasteiger partial charge in [-0.15, -0.1) is 9.79 Å². The highest BCUT2D eigenvalue weighted by Crippen LogP contribution is 2.03. The smallest absolute Gasteiger partial charge is 0.134 e. The molecule has 68 valence electrons. The first kappa shape index (κ1) is 14.1. The molecule has 0 fully saturated rings. The molecule has 3 nitrogen and oxygen atoms in total. The van der Waals surface area contributed by atoms with Gasteiger partial charge in [0, 0.05) is 9.59 Å². The average molecular weight is 210 g/mol. The van der Waals surface area contributed by atoms with Crippen molar-refractivity contribution >= 4 is 19.9 Å². The first-order valence-corrected chi connectivity index (χ1v) is 4.23. The fourth-order valence-electron chi connectivity index (χ4n) is 0.415. The largest absolute Gasteiger partial charge is 0.692 e. The molecule has 0 saturated carbocycles. The molecule has 0 heterocycles. The summed E-state index contributed by atoms with van der Waals surface area (Å²) in [5.41, 5.74) is 0. The van der Waals surface area contributed by atoms with Crippen LogP contribution in [0.5, 0.6) is 0 Å². The van der Waals surface area contributed by atoms with Gasteiger partial charge in [0.25, 0.3) is 0 Å². The second-order valence-electron chi connectivity index (χ2n) is 1.55. The minimum Gasteiger partial charge on any atom is -0.134 e. The van der Waals surface area contributed by atoms with Crippen LogP contribution in [0.25, 0.3) is 0 Å². The summed E-state index contributed by atoms with van der Waals surface area (Å²) >= 11 is 5.54. The predicted octanol–water partition coefficient (Wildman–Crippen LogP) is 2.60. The lowest BCUT2D eigenvalue weighted by Gasteiger charge is -1.80. The van der Waals surface area contributed by atoms with Crippen molar-refractivity contribution in [3.8, 4) is 0 Å². The van der Waals surface area contributed by atoms with Gasteiger partial charge in [0.1, 0.15) is 0 Å². The third kappa shape index (κ3) is 12.2. The normalized spacial score (nSPS) is 7.25. The van der Waals surface area contributed by atoms with Crippen molar-refractivity contribution in [3.63, 3.8) is 0 Å². The van der Waals surface area contributed by atoms with Crippen molar-refractivity contribution in [3.05, 3.63) is 35.4 Å². The van der Waals surface area contributed by atoms with E-state index in [1.54, 1.807) is 0 Å². The van der Waals surface area contributed by atoms with Gasteiger partial charge in [-0.3, -0.25) is 0 Å². The van der Waals surface area contributed by atoms with Crippen LogP contribution in [0.1, 0.15) is 7.43 Å². The molecule has 0 bridgehead atoms. The molecule has 0 amide bonds. The van der Waals surface area contributed by atoms with E-state index in [0.29, 0.717) is 0 Å². The number of rotatable bonds is 0. The number of hydrogen-bond acceptors (Lipinski definition) is 1. The second-order valence-corrected chi connectivity index (χ2v) is 2.49.